The zero-order chi connectivity index (χ0) is 13.1. The van der Waals surface area contributed by atoms with Gasteiger partial charge in [-0.1, -0.05) is 6.07 Å². The van der Waals surface area contributed by atoms with Gasteiger partial charge in [-0.05, 0) is 6.07 Å². The molecule has 0 unspecified atom stereocenters. The second-order valence-electron chi connectivity index (χ2n) is 3.36. The molecule has 0 saturated heterocycles. The van der Waals surface area contributed by atoms with Crippen LogP contribution in [0.3, 0.4) is 0 Å². The van der Waals surface area contributed by atoms with Crippen LogP contribution in [0.25, 0.3) is 0 Å². The van der Waals surface area contributed by atoms with Crippen LogP contribution in [0.5, 0.6) is 11.5 Å². The molecule has 0 amide bonds. The van der Waals surface area contributed by atoms with E-state index in [0.29, 0.717) is 18.7 Å². The van der Waals surface area contributed by atoms with E-state index in [9.17, 15) is 18.6 Å². The molecule has 17 heavy (non-hydrogen) atoms. The summed E-state index contributed by atoms with van der Waals surface area (Å²) in [5.74, 6) is -1.44. The van der Waals surface area contributed by atoms with Crippen molar-refractivity contribution in [1.82, 2.24) is 5.32 Å². The van der Waals surface area contributed by atoms with Crippen molar-refractivity contribution in [2.45, 2.75) is 11.4 Å². The Morgan fingerprint density at radius 2 is 1.88 bits per heavy atom. The summed E-state index contributed by atoms with van der Waals surface area (Å²) in [6, 6.07) is 2.31. The number of phenols is 2. The third-order valence-corrected chi connectivity index (χ3v) is 3.00. The molecule has 0 bridgehead atoms. The lowest BCUT2D eigenvalue weighted by Gasteiger charge is -2.09. The van der Waals surface area contributed by atoms with E-state index in [1.54, 1.807) is 0 Å². The minimum absolute atomic E-state index is 0.225. The number of benzene rings is 1. The molecule has 0 heterocycles. The summed E-state index contributed by atoms with van der Waals surface area (Å²) in [5.41, 5.74) is 5.56. The molecule has 6 N–H and O–H groups in total. The van der Waals surface area contributed by atoms with Crippen molar-refractivity contribution in [3.8, 4) is 11.5 Å². The number of hydrogen-bond acceptors (Lipinski definition) is 6. The Bertz CT molecular complexity index is 500. The highest BCUT2D eigenvalue weighted by molar-refractivity contribution is 7.86. The van der Waals surface area contributed by atoms with E-state index >= 15 is 0 Å². The largest absolute Gasteiger partial charge is 0.504 e. The van der Waals surface area contributed by atoms with Crippen molar-refractivity contribution in [3.63, 3.8) is 0 Å². The second kappa shape index (κ2) is 5.32. The quantitative estimate of drug-likeness (QED) is 0.271. The second-order valence-corrected chi connectivity index (χ2v) is 4.75. The van der Waals surface area contributed by atoms with Gasteiger partial charge in [-0.2, -0.15) is 8.42 Å². The number of rotatable bonds is 5. The molecule has 96 valence electrons. The first-order valence-corrected chi connectivity index (χ1v) is 6.24. The monoisotopic (exact) mass is 262 g/mol. The molecule has 1 aromatic carbocycles. The Morgan fingerprint density at radius 3 is 2.41 bits per heavy atom. The number of nitrogens with one attached hydrogen (secondary N) is 1. The van der Waals surface area contributed by atoms with Gasteiger partial charge in [0.2, 0.25) is 0 Å². The van der Waals surface area contributed by atoms with Crippen LogP contribution in [-0.4, -0.2) is 36.3 Å². The molecule has 7 nitrogen and oxygen atoms in total. The first kappa shape index (κ1) is 13.7. The molecule has 0 fully saturated rings. The van der Waals surface area contributed by atoms with E-state index in [1.807, 2.05) is 0 Å². The van der Waals surface area contributed by atoms with E-state index in [2.05, 4.69) is 5.32 Å². The number of hydrogen-bond donors (Lipinski definition) is 5. The molecule has 0 aliphatic carbocycles. The molecule has 8 heteroatoms. The summed E-state index contributed by atoms with van der Waals surface area (Å²) in [6.45, 7) is 1.15. The third kappa shape index (κ3) is 3.30. The van der Waals surface area contributed by atoms with Crippen molar-refractivity contribution >= 4 is 10.1 Å². The zero-order valence-electron chi connectivity index (χ0n) is 8.92. The number of aromatic hydroxyl groups is 2. The summed E-state index contributed by atoms with van der Waals surface area (Å²) in [4.78, 5) is -0.724. The predicted octanol–water partition coefficient (Wildman–Crippen LogP) is -0.607. The first-order valence-electron chi connectivity index (χ1n) is 4.80. The Hall–Kier alpha value is -1.35. The fraction of sp³-hybridized carbons (Fsp3) is 0.333. The van der Waals surface area contributed by atoms with Crippen LogP contribution in [0.15, 0.2) is 17.0 Å². The molecule has 0 aliphatic rings. The Labute approximate surface area is 98.6 Å². The van der Waals surface area contributed by atoms with Crippen LogP contribution < -0.4 is 11.1 Å². The predicted molar refractivity (Wildman–Crippen MR) is 60.3 cm³/mol. The molecule has 1 aromatic rings. The molecular formula is C9H14N2O5S. The van der Waals surface area contributed by atoms with E-state index in [-0.39, 0.29) is 6.54 Å². The van der Waals surface area contributed by atoms with Gasteiger partial charge in [-0.25, -0.2) is 0 Å². The van der Waals surface area contributed by atoms with Crippen LogP contribution in [-0.2, 0) is 16.7 Å². The van der Waals surface area contributed by atoms with Crippen LogP contribution in [0.2, 0.25) is 0 Å². The van der Waals surface area contributed by atoms with Gasteiger partial charge in [-0.15, -0.1) is 0 Å². The Balaban J connectivity index is 3.03. The summed E-state index contributed by atoms with van der Waals surface area (Å²) in [6.07, 6.45) is 0. The first-order chi connectivity index (χ1) is 7.88. The van der Waals surface area contributed by atoms with Gasteiger partial charge in [0.25, 0.3) is 10.1 Å². The summed E-state index contributed by atoms with van der Waals surface area (Å²) in [7, 11) is -4.55. The number of phenolic OH excluding ortho intramolecular Hbond substituents is 2. The van der Waals surface area contributed by atoms with Gasteiger partial charge >= 0.3 is 0 Å². The van der Waals surface area contributed by atoms with E-state index in [1.165, 1.54) is 6.07 Å². The lowest BCUT2D eigenvalue weighted by atomic mass is 10.2. The Morgan fingerprint density at radius 1 is 1.24 bits per heavy atom. The van der Waals surface area contributed by atoms with Gasteiger partial charge in [0.1, 0.15) is 4.90 Å². The van der Waals surface area contributed by atoms with E-state index in [4.69, 9.17) is 10.3 Å². The van der Waals surface area contributed by atoms with Gasteiger partial charge in [-0.3, -0.25) is 4.55 Å². The van der Waals surface area contributed by atoms with Crippen molar-refractivity contribution < 1.29 is 23.2 Å². The van der Waals surface area contributed by atoms with Crippen molar-refractivity contribution in [1.29, 1.82) is 0 Å². The summed E-state index contributed by atoms with van der Waals surface area (Å²) >= 11 is 0. The molecule has 0 atom stereocenters. The van der Waals surface area contributed by atoms with Crippen LogP contribution in [0.4, 0.5) is 0 Å². The van der Waals surface area contributed by atoms with Crippen molar-refractivity contribution in [2.75, 3.05) is 13.1 Å². The highest BCUT2D eigenvalue weighted by atomic mass is 32.2. The molecule has 0 spiro atoms. The zero-order valence-corrected chi connectivity index (χ0v) is 9.74. The topological polar surface area (TPSA) is 133 Å². The minimum Gasteiger partial charge on any atom is -0.504 e. The van der Waals surface area contributed by atoms with Crippen LogP contribution in [0.1, 0.15) is 5.56 Å². The van der Waals surface area contributed by atoms with E-state index in [0.717, 1.165) is 6.07 Å². The summed E-state index contributed by atoms with van der Waals surface area (Å²) in [5, 5.41) is 21.8. The maximum Gasteiger partial charge on any atom is 0.298 e. The molecule has 0 aromatic heterocycles. The van der Waals surface area contributed by atoms with Gasteiger partial charge in [0.05, 0.1) is 0 Å². The summed E-state index contributed by atoms with van der Waals surface area (Å²) < 4.78 is 30.4. The standard InChI is InChI=1S/C9H14N2O5S/c10-3-4-11-5-6-1-2-7(17(14,15)16)9(13)8(6)12/h1-2,11-13H,3-5,10H2,(H,14,15,16). The SMILES string of the molecule is NCCNCc1ccc(S(=O)(=O)O)c(O)c1O. The minimum atomic E-state index is -4.55. The Kier molecular flexibility index (Phi) is 4.29. The third-order valence-electron chi connectivity index (χ3n) is 2.11. The normalized spacial score (nSPS) is 11.6. The molecule has 0 aliphatic heterocycles. The highest BCUT2D eigenvalue weighted by Gasteiger charge is 2.20. The van der Waals surface area contributed by atoms with Crippen molar-refractivity contribution in [2.24, 2.45) is 5.73 Å². The molecule has 0 saturated carbocycles. The van der Waals surface area contributed by atoms with E-state index < -0.39 is 26.5 Å². The number of nitrogens with two attached hydrogens (primary N) is 1. The fourth-order valence-corrected chi connectivity index (χ4v) is 1.86. The maximum atomic E-state index is 10.8. The lowest BCUT2D eigenvalue weighted by Crippen LogP contribution is -2.21. The average molecular weight is 262 g/mol. The maximum absolute atomic E-state index is 10.8. The molecule has 1 rings (SSSR count). The average Bonchev–Trinajstić information content (AvgIpc) is 2.23. The fourth-order valence-electron chi connectivity index (χ4n) is 1.28. The van der Waals surface area contributed by atoms with Crippen LogP contribution in [0, 0.1) is 0 Å². The smallest absolute Gasteiger partial charge is 0.298 e. The van der Waals surface area contributed by atoms with Gasteiger partial charge in [0.15, 0.2) is 11.5 Å². The van der Waals surface area contributed by atoms with Crippen molar-refractivity contribution in [3.05, 3.63) is 17.7 Å². The molecule has 0 radical (unpaired) electrons. The lowest BCUT2D eigenvalue weighted by molar-refractivity contribution is 0.384. The molecular weight excluding hydrogens is 248 g/mol. The van der Waals surface area contributed by atoms with Gasteiger partial charge < -0.3 is 21.3 Å². The van der Waals surface area contributed by atoms with Crippen LogP contribution >= 0.6 is 0 Å². The van der Waals surface area contributed by atoms with Gasteiger partial charge in [0, 0.05) is 25.2 Å². The highest BCUT2D eigenvalue weighted by Crippen LogP contribution is 2.35.